The highest BCUT2D eigenvalue weighted by atomic mass is 16.6. The fourth-order valence-corrected chi connectivity index (χ4v) is 10.6. The molecule has 4 fully saturated rings. The summed E-state index contributed by atoms with van der Waals surface area (Å²) in [7, 11) is 3.62. The fraction of sp³-hybridized carbons (Fsp3) is 0.543. The van der Waals surface area contributed by atoms with Crippen molar-refractivity contribution in [3.63, 3.8) is 0 Å². The lowest BCUT2D eigenvalue weighted by Crippen LogP contribution is -2.81. The summed E-state index contributed by atoms with van der Waals surface area (Å²) in [6.07, 6.45) is -9.27. The standard InChI is InChI=1S/C46H55NO15/c1-25-34(62-37(53)21-33(47(8)9)30-16-12-10-13-17-30)22-36(58-26(2)48)45(24-56-42(54)31-18-14-11-15-19-31)38(25)39(59-27(3)49)32-20-35(52)44(7)46(55,43(32,6)23-57-44)41(61-29(5)51)40(45)60-28(4)50/h10-19,32-34,36,38-41,55H,1,20-24H2,2-9H3. The molecule has 2 aromatic carbocycles. The second kappa shape index (κ2) is 17.4. The van der Waals surface area contributed by atoms with Crippen LogP contribution in [0.4, 0.5) is 0 Å². The first-order valence-corrected chi connectivity index (χ1v) is 20.5. The van der Waals surface area contributed by atoms with Crippen LogP contribution in [0.3, 0.4) is 0 Å². The molecule has 0 radical (unpaired) electrons. The first-order chi connectivity index (χ1) is 29.1. The van der Waals surface area contributed by atoms with Gasteiger partial charge in [0.2, 0.25) is 0 Å². The van der Waals surface area contributed by atoms with Gasteiger partial charge in [0, 0.05) is 63.8 Å². The van der Waals surface area contributed by atoms with Gasteiger partial charge in [-0.25, -0.2) is 4.79 Å². The van der Waals surface area contributed by atoms with E-state index < -0.39 is 119 Å². The van der Waals surface area contributed by atoms with Gasteiger partial charge in [0.25, 0.3) is 0 Å². The summed E-state index contributed by atoms with van der Waals surface area (Å²) in [5.74, 6) is -8.52. The molecule has 12 unspecified atom stereocenters. The molecule has 6 rings (SSSR count). The third-order valence-electron chi connectivity index (χ3n) is 13.5. The van der Waals surface area contributed by atoms with Gasteiger partial charge in [0.15, 0.2) is 23.6 Å². The number of hydrogen-bond acceptors (Lipinski definition) is 16. The Morgan fingerprint density at radius 1 is 0.823 bits per heavy atom. The van der Waals surface area contributed by atoms with Crippen molar-refractivity contribution >= 4 is 41.6 Å². The maximum absolute atomic E-state index is 14.5. The van der Waals surface area contributed by atoms with Crippen molar-refractivity contribution in [3.8, 4) is 0 Å². The quantitative estimate of drug-likeness (QED) is 0.183. The first-order valence-electron chi connectivity index (χ1n) is 20.5. The lowest BCUT2D eigenvalue weighted by Gasteiger charge is -2.65. The molecule has 334 valence electrons. The predicted molar refractivity (Wildman–Crippen MR) is 217 cm³/mol. The Morgan fingerprint density at radius 2 is 1.39 bits per heavy atom. The van der Waals surface area contributed by atoms with E-state index in [0.717, 1.165) is 33.3 Å². The number of carbonyl (C=O) groups excluding carboxylic acids is 7. The Labute approximate surface area is 360 Å². The number of ketones is 1. The van der Waals surface area contributed by atoms with E-state index in [0.29, 0.717) is 0 Å². The highest BCUT2D eigenvalue weighted by Gasteiger charge is 2.83. The molecule has 62 heavy (non-hydrogen) atoms. The monoisotopic (exact) mass is 861 g/mol. The number of rotatable bonds is 12. The van der Waals surface area contributed by atoms with Gasteiger partial charge in [-0.2, -0.15) is 0 Å². The van der Waals surface area contributed by atoms with Crippen LogP contribution in [0.15, 0.2) is 72.8 Å². The summed E-state index contributed by atoms with van der Waals surface area (Å²) in [6, 6.07) is 16.7. The number of hydrogen-bond donors (Lipinski definition) is 1. The van der Waals surface area contributed by atoms with E-state index in [2.05, 4.69) is 6.58 Å². The molecule has 3 aliphatic carbocycles. The van der Waals surface area contributed by atoms with Crippen LogP contribution in [0.25, 0.3) is 0 Å². The number of fused-ring (bicyclic) bond motifs is 1. The van der Waals surface area contributed by atoms with Gasteiger partial charge >= 0.3 is 35.8 Å². The average Bonchev–Trinajstić information content (AvgIpc) is 3.35. The molecule has 2 aromatic rings. The van der Waals surface area contributed by atoms with E-state index >= 15 is 0 Å². The highest BCUT2D eigenvalue weighted by Crippen LogP contribution is 2.67. The molecule has 1 aliphatic heterocycles. The van der Waals surface area contributed by atoms with E-state index in [1.54, 1.807) is 25.1 Å². The number of esters is 6. The van der Waals surface area contributed by atoms with Crippen LogP contribution in [-0.4, -0.2) is 121 Å². The van der Waals surface area contributed by atoms with E-state index in [9.17, 15) is 38.7 Å². The smallest absolute Gasteiger partial charge is 0.338 e. The maximum Gasteiger partial charge on any atom is 0.338 e. The van der Waals surface area contributed by atoms with Gasteiger partial charge in [-0.1, -0.05) is 62.0 Å². The van der Waals surface area contributed by atoms with Crippen LogP contribution in [0.1, 0.15) is 82.8 Å². The number of nitrogens with zero attached hydrogens (tertiary/aromatic N) is 1. The zero-order valence-corrected chi connectivity index (χ0v) is 36.2. The van der Waals surface area contributed by atoms with Gasteiger partial charge in [0.05, 0.1) is 24.0 Å². The SMILES string of the molecule is C=C1C(OC(=O)CC(c2ccccc2)N(C)C)CC(OC(C)=O)C2(COC(=O)c3ccccc3)C(OC(C)=O)C(OC(C)=O)C3(O)C4(C)OCC3(C)C(CC4=O)C(OC(C)=O)C12. The summed E-state index contributed by atoms with van der Waals surface area (Å²) >= 11 is 0. The molecule has 1 heterocycles. The Morgan fingerprint density at radius 3 is 1.95 bits per heavy atom. The van der Waals surface area contributed by atoms with Crippen LogP contribution in [0.2, 0.25) is 0 Å². The first kappa shape index (κ1) is 46.1. The zero-order chi connectivity index (χ0) is 45.5. The minimum absolute atomic E-state index is 0.0531. The average molecular weight is 862 g/mol. The lowest BCUT2D eigenvalue weighted by molar-refractivity contribution is -0.302. The molecule has 12 atom stereocenters. The summed E-state index contributed by atoms with van der Waals surface area (Å²) in [4.78, 5) is 98.0. The van der Waals surface area contributed by atoms with E-state index in [1.165, 1.54) is 19.1 Å². The molecular formula is C46H55NO15. The number of ether oxygens (including phenoxy) is 7. The molecule has 0 spiro atoms. The highest BCUT2D eigenvalue weighted by molar-refractivity contribution is 5.92. The van der Waals surface area contributed by atoms with Crippen molar-refractivity contribution in [2.45, 2.75) is 109 Å². The fourth-order valence-electron chi connectivity index (χ4n) is 10.6. The van der Waals surface area contributed by atoms with Crippen LogP contribution < -0.4 is 0 Å². The number of carbonyl (C=O) groups is 7. The molecule has 1 saturated heterocycles. The van der Waals surface area contributed by atoms with Crippen LogP contribution in [-0.2, 0) is 61.9 Å². The third kappa shape index (κ3) is 7.81. The summed E-state index contributed by atoms with van der Waals surface area (Å²) in [6.45, 7) is 10.6. The van der Waals surface area contributed by atoms with Crippen molar-refractivity contribution < 1.29 is 71.8 Å². The summed E-state index contributed by atoms with van der Waals surface area (Å²) in [5.41, 5.74) is -7.44. The van der Waals surface area contributed by atoms with E-state index in [4.69, 9.17) is 33.2 Å². The Hall–Kier alpha value is -5.45. The summed E-state index contributed by atoms with van der Waals surface area (Å²) < 4.78 is 43.2. The number of aliphatic hydroxyl groups is 1. The summed E-state index contributed by atoms with van der Waals surface area (Å²) in [5, 5.41) is 13.5. The second-order valence-corrected chi connectivity index (χ2v) is 17.4. The van der Waals surface area contributed by atoms with Gasteiger partial charge in [-0.05, 0) is 44.3 Å². The second-order valence-electron chi connectivity index (χ2n) is 17.4. The van der Waals surface area contributed by atoms with Gasteiger partial charge < -0.3 is 43.2 Å². The molecule has 1 N–H and O–H groups in total. The topological polar surface area (TPSA) is 208 Å². The molecular weight excluding hydrogens is 806 g/mol. The number of Topliss-reactive ketones (excluding diaryl/α,β-unsaturated/α-hetero) is 1. The Balaban J connectivity index is 1.63. The lowest BCUT2D eigenvalue weighted by atomic mass is 9.43. The van der Waals surface area contributed by atoms with Crippen molar-refractivity contribution in [3.05, 3.63) is 83.9 Å². The molecule has 4 bridgehead atoms. The maximum atomic E-state index is 14.5. The minimum atomic E-state index is -2.55. The van der Waals surface area contributed by atoms with E-state index in [1.807, 2.05) is 49.3 Å². The zero-order valence-electron chi connectivity index (χ0n) is 36.2. The minimum Gasteiger partial charge on any atom is -0.462 e. The van der Waals surface area contributed by atoms with Crippen LogP contribution in [0, 0.1) is 22.7 Å². The van der Waals surface area contributed by atoms with Crippen molar-refractivity contribution in [1.82, 2.24) is 4.90 Å². The van der Waals surface area contributed by atoms with Crippen molar-refractivity contribution in [2.75, 3.05) is 27.3 Å². The van der Waals surface area contributed by atoms with Crippen LogP contribution in [0.5, 0.6) is 0 Å². The Kier molecular flexibility index (Phi) is 12.9. The predicted octanol–water partition coefficient (Wildman–Crippen LogP) is 3.87. The molecule has 4 aliphatic rings. The van der Waals surface area contributed by atoms with Gasteiger partial charge in [-0.15, -0.1) is 0 Å². The van der Waals surface area contributed by atoms with Gasteiger partial charge in [0.1, 0.15) is 30.5 Å². The molecule has 16 nitrogen and oxygen atoms in total. The number of benzene rings is 2. The molecule has 3 saturated carbocycles. The molecule has 16 heteroatoms. The normalized spacial score (nSPS) is 34.1. The Bertz CT molecular complexity index is 2110. The van der Waals surface area contributed by atoms with Crippen LogP contribution >= 0.6 is 0 Å². The van der Waals surface area contributed by atoms with Gasteiger partial charge in [-0.3, -0.25) is 28.8 Å². The molecule has 0 aromatic heterocycles. The van der Waals surface area contributed by atoms with Crippen molar-refractivity contribution in [2.24, 2.45) is 22.7 Å². The van der Waals surface area contributed by atoms with E-state index in [-0.39, 0.29) is 37.0 Å². The molecule has 0 amide bonds. The third-order valence-corrected chi connectivity index (χ3v) is 13.5. The largest absolute Gasteiger partial charge is 0.462 e. The van der Waals surface area contributed by atoms with Crippen molar-refractivity contribution in [1.29, 1.82) is 0 Å².